The van der Waals surface area contributed by atoms with Crippen molar-refractivity contribution in [2.24, 2.45) is 0 Å². The van der Waals surface area contributed by atoms with E-state index in [2.05, 4.69) is 37.4 Å². The van der Waals surface area contributed by atoms with Crippen molar-refractivity contribution in [3.8, 4) is 5.75 Å². The molecule has 0 saturated heterocycles. The number of fused-ring (bicyclic) bond motifs is 2. The van der Waals surface area contributed by atoms with Crippen molar-refractivity contribution < 1.29 is 9.53 Å². The van der Waals surface area contributed by atoms with Crippen molar-refractivity contribution in [3.05, 3.63) is 71.8 Å². The van der Waals surface area contributed by atoms with Gasteiger partial charge < -0.3 is 15.0 Å². The molecule has 4 nitrogen and oxygen atoms in total. The second-order valence-corrected chi connectivity index (χ2v) is 7.19. The lowest BCUT2D eigenvalue weighted by Gasteiger charge is -2.42. The molecular weight excluding hydrogens is 348 g/mol. The molecule has 1 aliphatic rings. The third-order valence-corrected chi connectivity index (χ3v) is 5.53. The summed E-state index contributed by atoms with van der Waals surface area (Å²) in [5, 5.41) is 5.87. The standard InChI is InChI=1S/C24H26N2O2/c1-4-16(3)26-23(25-20-13-9-8-12-19(20)24(26)27)22-18-11-7-6-10-17(18)14-15-21(22)28-5-2/h6-16,23,25H,4-5H2,1-3H3. The first kappa shape index (κ1) is 18.4. The van der Waals surface area contributed by atoms with Crippen molar-refractivity contribution in [3.63, 3.8) is 0 Å². The number of nitrogens with one attached hydrogen (secondary N) is 1. The van der Waals surface area contributed by atoms with E-state index >= 15 is 0 Å². The quantitative estimate of drug-likeness (QED) is 0.632. The van der Waals surface area contributed by atoms with Crippen LogP contribution in [0, 0.1) is 0 Å². The summed E-state index contributed by atoms with van der Waals surface area (Å²) >= 11 is 0. The summed E-state index contributed by atoms with van der Waals surface area (Å²) in [5.41, 5.74) is 2.60. The first-order valence-corrected chi connectivity index (χ1v) is 9.98. The van der Waals surface area contributed by atoms with Crippen LogP contribution in [0.1, 0.15) is 49.3 Å². The Morgan fingerprint density at radius 3 is 2.57 bits per heavy atom. The maximum absolute atomic E-state index is 13.5. The van der Waals surface area contributed by atoms with Gasteiger partial charge in [0.05, 0.1) is 12.2 Å². The van der Waals surface area contributed by atoms with Crippen LogP contribution in [0.15, 0.2) is 60.7 Å². The van der Waals surface area contributed by atoms with Crippen LogP contribution < -0.4 is 10.1 Å². The highest BCUT2D eigenvalue weighted by molar-refractivity contribution is 6.02. The Bertz CT molecular complexity index is 1010. The van der Waals surface area contributed by atoms with Gasteiger partial charge in [-0.2, -0.15) is 0 Å². The molecule has 1 aliphatic heterocycles. The van der Waals surface area contributed by atoms with E-state index in [-0.39, 0.29) is 18.1 Å². The maximum Gasteiger partial charge on any atom is 0.258 e. The van der Waals surface area contributed by atoms with Crippen LogP contribution in [0.25, 0.3) is 10.8 Å². The molecule has 3 aromatic rings. The highest BCUT2D eigenvalue weighted by Gasteiger charge is 2.37. The summed E-state index contributed by atoms with van der Waals surface area (Å²) in [4.78, 5) is 15.4. The molecule has 144 valence electrons. The summed E-state index contributed by atoms with van der Waals surface area (Å²) in [6.45, 7) is 6.78. The van der Waals surface area contributed by atoms with Crippen LogP contribution in [0.3, 0.4) is 0 Å². The van der Waals surface area contributed by atoms with Crippen LogP contribution >= 0.6 is 0 Å². The summed E-state index contributed by atoms with van der Waals surface area (Å²) < 4.78 is 6.01. The van der Waals surface area contributed by atoms with Crippen LogP contribution in [0.4, 0.5) is 5.69 Å². The van der Waals surface area contributed by atoms with Crippen LogP contribution in [-0.2, 0) is 0 Å². The highest BCUT2D eigenvalue weighted by atomic mass is 16.5. The Morgan fingerprint density at radius 1 is 1.04 bits per heavy atom. The van der Waals surface area contributed by atoms with Gasteiger partial charge in [0.2, 0.25) is 0 Å². The predicted octanol–water partition coefficient (Wildman–Crippen LogP) is 5.60. The van der Waals surface area contributed by atoms with E-state index in [0.29, 0.717) is 6.61 Å². The third-order valence-electron chi connectivity index (χ3n) is 5.53. The van der Waals surface area contributed by atoms with Crippen molar-refractivity contribution in [1.29, 1.82) is 0 Å². The monoisotopic (exact) mass is 374 g/mol. The topological polar surface area (TPSA) is 41.6 Å². The molecule has 0 aliphatic carbocycles. The number of amides is 1. The summed E-state index contributed by atoms with van der Waals surface area (Å²) in [6.07, 6.45) is 0.589. The number of hydrogen-bond donors (Lipinski definition) is 1. The predicted molar refractivity (Wildman–Crippen MR) is 114 cm³/mol. The van der Waals surface area contributed by atoms with E-state index in [1.807, 2.05) is 54.3 Å². The third kappa shape index (κ3) is 2.99. The zero-order chi connectivity index (χ0) is 19.7. The number of benzene rings is 3. The van der Waals surface area contributed by atoms with Crippen molar-refractivity contribution in [2.45, 2.75) is 39.4 Å². The minimum atomic E-state index is -0.287. The molecule has 1 N–H and O–H groups in total. The molecule has 3 aromatic carbocycles. The first-order valence-electron chi connectivity index (χ1n) is 9.98. The molecule has 28 heavy (non-hydrogen) atoms. The lowest BCUT2D eigenvalue weighted by Crippen LogP contribution is -2.47. The Hall–Kier alpha value is -3.01. The van der Waals surface area contributed by atoms with Crippen LogP contribution in [0.5, 0.6) is 5.75 Å². The zero-order valence-electron chi connectivity index (χ0n) is 16.6. The SMILES string of the molecule is CCOc1ccc2ccccc2c1C1Nc2ccccc2C(=O)N1C(C)CC. The van der Waals surface area contributed by atoms with Gasteiger partial charge in [-0.25, -0.2) is 0 Å². The van der Waals surface area contributed by atoms with Crippen molar-refractivity contribution >= 4 is 22.4 Å². The van der Waals surface area contributed by atoms with E-state index in [0.717, 1.165) is 39.8 Å². The number of carbonyl (C=O) groups is 1. The van der Waals surface area contributed by atoms with Gasteiger partial charge in [0.15, 0.2) is 0 Å². The van der Waals surface area contributed by atoms with E-state index in [1.165, 1.54) is 0 Å². The number of nitrogens with zero attached hydrogens (tertiary/aromatic N) is 1. The number of carbonyl (C=O) groups excluding carboxylic acids is 1. The largest absolute Gasteiger partial charge is 0.493 e. The minimum absolute atomic E-state index is 0.0593. The number of para-hydroxylation sites is 1. The fourth-order valence-corrected chi connectivity index (χ4v) is 3.97. The van der Waals surface area contributed by atoms with E-state index in [9.17, 15) is 4.79 Å². The van der Waals surface area contributed by atoms with Gasteiger partial charge in [0.1, 0.15) is 11.9 Å². The van der Waals surface area contributed by atoms with E-state index < -0.39 is 0 Å². The molecule has 1 amide bonds. The molecule has 4 heteroatoms. The van der Waals surface area contributed by atoms with Gasteiger partial charge >= 0.3 is 0 Å². The molecule has 0 fully saturated rings. The van der Waals surface area contributed by atoms with Gasteiger partial charge in [-0.3, -0.25) is 4.79 Å². The number of rotatable bonds is 5. The van der Waals surface area contributed by atoms with Crippen molar-refractivity contribution in [2.75, 3.05) is 11.9 Å². The molecule has 0 saturated carbocycles. The van der Waals surface area contributed by atoms with Crippen LogP contribution in [0.2, 0.25) is 0 Å². The van der Waals surface area contributed by atoms with Gasteiger partial charge in [0.25, 0.3) is 5.91 Å². The lowest BCUT2D eigenvalue weighted by molar-refractivity contribution is 0.0592. The second kappa shape index (κ2) is 7.55. The number of ether oxygens (including phenoxy) is 1. The molecule has 0 aromatic heterocycles. The molecule has 2 unspecified atom stereocenters. The molecule has 0 spiro atoms. The molecule has 2 atom stereocenters. The minimum Gasteiger partial charge on any atom is -0.493 e. The van der Waals surface area contributed by atoms with Gasteiger partial charge in [0, 0.05) is 17.3 Å². The van der Waals surface area contributed by atoms with Gasteiger partial charge in [-0.1, -0.05) is 49.4 Å². The summed E-state index contributed by atoms with van der Waals surface area (Å²) in [6, 6.07) is 20.2. The van der Waals surface area contributed by atoms with E-state index in [4.69, 9.17) is 4.74 Å². The average Bonchev–Trinajstić information content (AvgIpc) is 2.73. The van der Waals surface area contributed by atoms with Gasteiger partial charge in [-0.05, 0) is 49.2 Å². The van der Waals surface area contributed by atoms with E-state index in [1.54, 1.807) is 0 Å². The normalized spacial score (nSPS) is 17.2. The Balaban J connectivity index is 1.96. The number of hydrogen-bond acceptors (Lipinski definition) is 3. The molecule has 0 bridgehead atoms. The zero-order valence-corrected chi connectivity index (χ0v) is 16.6. The Morgan fingerprint density at radius 2 is 1.79 bits per heavy atom. The fourth-order valence-electron chi connectivity index (χ4n) is 3.97. The summed E-state index contributed by atoms with van der Waals surface area (Å²) in [7, 11) is 0. The maximum atomic E-state index is 13.5. The molecule has 4 rings (SSSR count). The highest BCUT2D eigenvalue weighted by Crippen LogP contribution is 2.41. The Kier molecular flexibility index (Phi) is 4.95. The molecule has 1 heterocycles. The second-order valence-electron chi connectivity index (χ2n) is 7.19. The van der Waals surface area contributed by atoms with Crippen molar-refractivity contribution in [1.82, 2.24) is 4.90 Å². The lowest BCUT2D eigenvalue weighted by atomic mass is 9.96. The first-order chi connectivity index (χ1) is 13.7. The number of anilines is 1. The molecular formula is C24H26N2O2. The molecule has 0 radical (unpaired) electrons. The van der Waals surface area contributed by atoms with Crippen LogP contribution in [-0.4, -0.2) is 23.5 Å². The summed E-state index contributed by atoms with van der Waals surface area (Å²) in [5.74, 6) is 0.878. The average molecular weight is 374 g/mol. The Labute approximate surface area is 166 Å². The smallest absolute Gasteiger partial charge is 0.258 e. The van der Waals surface area contributed by atoms with Gasteiger partial charge in [-0.15, -0.1) is 0 Å². The fraction of sp³-hybridized carbons (Fsp3) is 0.292.